The van der Waals surface area contributed by atoms with Crippen LogP contribution in [0.2, 0.25) is 0 Å². The molecule has 20 heavy (non-hydrogen) atoms. The summed E-state index contributed by atoms with van der Waals surface area (Å²) in [7, 11) is 1.98. The van der Waals surface area contributed by atoms with Crippen LogP contribution in [0.1, 0.15) is 27.7 Å². The van der Waals surface area contributed by atoms with Gasteiger partial charge in [0.05, 0.1) is 25.0 Å². The van der Waals surface area contributed by atoms with Crippen LogP contribution in [0.15, 0.2) is 12.1 Å². The van der Waals surface area contributed by atoms with Gasteiger partial charge in [-0.25, -0.2) is 0 Å². The molecule has 2 N–H and O–H groups in total. The molecule has 5 heteroatoms. The topological polar surface area (TPSA) is 60.6 Å². The summed E-state index contributed by atoms with van der Waals surface area (Å²) in [5, 5.41) is 0. The number of pyridine rings is 1. The number of hydrogen-bond acceptors (Lipinski definition) is 5. The van der Waals surface area contributed by atoms with Crippen LogP contribution in [0.4, 0.5) is 11.5 Å². The standard InChI is InChI=1S/C15H27N3O2/c1-11(2)10-20-15-13(16)6-7-14(17-15)18(5)8-9-19-12(3)4/h6-7,11-12H,8-10,16H2,1-5H3. The van der Waals surface area contributed by atoms with Crippen molar-refractivity contribution >= 4 is 11.5 Å². The summed E-state index contributed by atoms with van der Waals surface area (Å²) in [6.45, 7) is 10.3. The van der Waals surface area contributed by atoms with Crippen LogP contribution in [0, 0.1) is 5.92 Å². The average molecular weight is 281 g/mol. The number of likely N-dealkylation sites (N-methyl/N-ethyl adjacent to an activating group) is 1. The Morgan fingerprint density at radius 3 is 2.55 bits per heavy atom. The maximum absolute atomic E-state index is 5.88. The maximum Gasteiger partial charge on any atom is 0.239 e. The minimum atomic E-state index is 0.243. The van der Waals surface area contributed by atoms with Crippen molar-refractivity contribution in [2.24, 2.45) is 5.92 Å². The first kappa shape index (κ1) is 16.6. The lowest BCUT2D eigenvalue weighted by molar-refractivity contribution is 0.0845. The van der Waals surface area contributed by atoms with E-state index in [1.807, 2.05) is 37.9 Å². The predicted molar refractivity (Wildman–Crippen MR) is 83.3 cm³/mol. The molecule has 0 fully saturated rings. The van der Waals surface area contributed by atoms with Crippen LogP contribution < -0.4 is 15.4 Å². The molecule has 0 aromatic carbocycles. The zero-order valence-electron chi connectivity index (χ0n) is 13.2. The molecule has 0 aliphatic heterocycles. The molecule has 0 aliphatic rings. The minimum absolute atomic E-state index is 0.243. The molecule has 1 heterocycles. The summed E-state index contributed by atoms with van der Waals surface area (Å²) < 4.78 is 11.2. The molecule has 0 saturated carbocycles. The Kier molecular flexibility index (Phi) is 6.58. The molecule has 0 saturated heterocycles. The number of rotatable bonds is 8. The van der Waals surface area contributed by atoms with Gasteiger partial charge < -0.3 is 20.1 Å². The van der Waals surface area contributed by atoms with Gasteiger partial charge in [-0.05, 0) is 31.9 Å². The number of ether oxygens (including phenoxy) is 2. The summed E-state index contributed by atoms with van der Waals surface area (Å²) in [4.78, 5) is 6.50. The summed E-state index contributed by atoms with van der Waals surface area (Å²) in [6.07, 6.45) is 0.243. The summed E-state index contributed by atoms with van der Waals surface area (Å²) in [5.41, 5.74) is 6.46. The van der Waals surface area contributed by atoms with Crippen LogP contribution in [0.25, 0.3) is 0 Å². The third-order valence-electron chi connectivity index (χ3n) is 2.70. The van der Waals surface area contributed by atoms with E-state index in [2.05, 4.69) is 18.8 Å². The first-order chi connectivity index (χ1) is 9.40. The van der Waals surface area contributed by atoms with Crippen molar-refractivity contribution < 1.29 is 9.47 Å². The van der Waals surface area contributed by atoms with Crippen LogP contribution in [-0.4, -0.2) is 37.9 Å². The predicted octanol–water partition coefficient (Wildman–Crippen LogP) is 2.56. The second-order valence-electron chi connectivity index (χ2n) is 5.61. The Labute approximate surface area is 122 Å². The van der Waals surface area contributed by atoms with Crippen LogP contribution in [0.3, 0.4) is 0 Å². The number of anilines is 2. The molecule has 0 bridgehead atoms. The molecule has 0 unspecified atom stereocenters. The fraction of sp³-hybridized carbons (Fsp3) is 0.667. The number of nitrogens with zero attached hydrogens (tertiary/aromatic N) is 2. The van der Waals surface area contributed by atoms with E-state index in [4.69, 9.17) is 15.2 Å². The molecule has 0 amide bonds. The molecule has 114 valence electrons. The first-order valence-corrected chi connectivity index (χ1v) is 7.12. The quantitative estimate of drug-likeness (QED) is 0.793. The van der Waals surface area contributed by atoms with E-state index in [9.17, 15) is 0 Å². The van der Waals surface area contributed by atoms with Gasteiger partial charge in [0.1, 0.15) is 5.82 Å². The molecular formula is C15H27N3O2. The molecule has 1 aromatic rings. The Hall–Kier alpha value is -1.49. The van der Waals surface area contributed by atoms with E-state index in [0.29, 0.717) is 30.7 Å². The number of hydrogen-bond donors (Lipinski definition) is 1. The lowest BCUT2D eigenvalue weighted by Crippen LogP contribution is -2.25. The zero-order chi connectivity index (χ0) is 15.1. The molecular weight excluding hydrogens is 254 g/mol. The largest absolute Gasteiger partial charge is 0.476 e. The lowest BCUT2D eigenvalue weighted by Gasteiger charge is -2.20. The summed E-state index contributed by atoms with van der Waals surface area (Å²) >= 11 is 0. The van der Waals surface area contributed by atoms with E-state index in [1.54, 1.807) is 0 Å². The van der Waals surface area contributed by atoms with Crippen molar-refractivity contribution in [2.45, 2.75) is 33.8 Å². The number of nitrogen functional groups attached to an aromatic ring is 1. The third-order valence-corrected chi connectivity index (χ3v) is 2.70. The first-order valence-electron chi connectivity index (χ1n) is 7.12. The van der Waals surface area contributed by atoms with Gasteiger partial charge in [-0.15, -0.1) is 0 Å². The summed E-state index contributed by atoms with van der Waals surface area (Å²) in [5.74, 6) is 1.79. The highest BCUT2D eigenvalue weighted by molar-refractivity contribution is 5.54. The van der Waals surface area contributed by atoms with Gasteiger partial charge in [-0.3, -0.25) is 0 Å². The normalized spacial score (nSPS) is 11.2. The van der Waals surface area contributed by atoms with E-state index < -0.39 is 0 Å². The summed E-state index contributed by atoms with van der Waals surface area (Å²) in [6, 6.07) is 3.73. The van der Waals surface area contributed by atoms with E-state index in [-0.39, 0.29) is 6.10 Å². The molecule has 1 rings (SSSR count). The lowest BCUT2D eigenvalue weighted by atomic mass is 10.2. The highest BCUT2D eigenvalue weighted by Gasteiger charge is 2.09. The Morgan fingerprint density at radius 2 is 1.95 bits per heavy atom. The molecule has 5 nitrogen and oxygen atoms in total. The van der Waals surface area contributed by atoms with Gasteiger partial charge in [0.25, 0.3) is 0 Å². The fourth-order valence-electron chi connectivity index (χ4n) is 1.56. The monoisotopic (exact) mass is 281 g/mol. The van der Waals surface area contributed by atoms with E-state index in [0.717, 1.165) is 12.4 Å². The van der Waals surface area contributed by atoms with Gasteiger partial charge >= 0.3 is 0 Å². The van der Waals surface area contributed by atoms with Gasteiger partial charge in [-0.2, -0.15) is 4.98 Å². The van der Waals surface area contributed by atoms with Gasteiger partial charge in [0.2, 0.25) is 5.88 Å². The van der Waals surface area contributed by atoms with Crippen LogP contribution in [0.5, 0.6) is 5.88 Å². The van der Waals surface area contributed by atoms with E-state index in [1.165, 1.54) is 0 Å². The maximum atomic E-state index is 5.88. The second-order valence-corrected chi connectivity index (χ2v) is 5.61. The highest BCUT2D eigenvalue weighted by Crippen LogP contribution is 2.23. The smallest absolute Gasteiger partial charge is 0.239 e. The molecule has 0 spiro atoms. The van der Waals surface area contributed by atoms with Gasteiger partial charge in [0, 0.05) is 13.6 Å². The third kappa shape index (κ3) is 5.65. The van der Waals surface area contributed by atoms with Gasteiger partial charge in [-0.1, -0.05) is 13.8 Å². The van der Waals surface area contributed by atoms with Crippen molar-refractivity contribution in [3.63, 3.8) is 0 Å². The SMILES string of the molecule is CC(C)COc1nc(N(C)CCOC(C)C)ccc1N. The highest BCUT2D eigenvalue weighted by atomic mass is 16.5. The minimum Gasteiger partial charge on any atom is -0.476 e. The molecule has 1 aromatic heterocycles. The fourth-order valence-corrected chi connectivity index (χ4v) is 1.56. The van der Waals surface area contributed by atoms with Crippen molar-refractivity contribution in [1.29, 1.82) is 0 Å². The second kappa shape index (κ2) is 7.94. The number of aromatic nitrogens is 1. The Bertz CT molecular complexity index is 408. The van der Waals surface area contributed by atoms with Crippen molar-refractivity contribution in [3.8, 4) is 5.88 Å². The van der Waals surface area contributed by atoms with E-state index >= 15 is 0 Å². The van der Waals surface area contributed by atoms with Gasteiger partial charge in [0.15, 0.2) is 0 Å². The molecule has 0 radical (unpaired) electrons. The van der Waals surface area contributed by atoms with Crippen LogP contribution in [-0.2, 0) is 4.74 Å². The van der Waals surface area contributed by atoms with Crippen molar-refractivity contribution in [1.82, 2.24) is 4.98 Å². The zero-order valence-corrected chi connectivity index (χ0v) is 13.2. The molecule has 0 aliphatic carbocycles. The number of nitrogens with two attached hydrogens (primary N) is 1. The Balaban J connectivity index is 2.63. The van der Waals surface area contributed by atoms with Crippen molar-refractivity contribution in [3.05, 3.63) is 12.1 Å². The van der Waals surface area contributed by atoms with Crippen molar-refractivity contribution in [2.75, 3.05) is 37.4 Å². The van der Waals surface area contributed by atoms with Crippen LogP contribution >= 0.6 is 0 Å². The average Bonchev–Trinajstić information content (AvgIpc) is 2.37. The Morgan fingerprint density at radius 1 is 1.25 bits per heavy atom. The molecule has 0 atom stereocenters.